The summed E-state index contributed by atoms with van der Waals surface area (Å²) in [4.78, 5) is 0. The zero-order valence-corrected chi connectivity index (χ0v) is 12.6. The third-order valence-electron chi connectivity index (χ3n) is 3.79. The second-order valence-electron chi connectivity index (χ2n) is 4.65. The highest BCUT2D eigenvalue weighted by atomic mass is 79.9. The first-order chi connectivity index (χ1) is 8.11. The van der Waals surface area contributed by atoms with E-state index in [2.05, 4.69) is 42.0 Å². The summed E-state index contributed by atoms with van der Waals surface area (Å²) in [6.45, 7) is 7.56. The number of hydrogen-bond donors (Lipinski definition) is 1. The predicted molar refractivity (Wildman–Crippen MR) is 74.9 cm³/mol. The van der Waals surface area contributed by atoms with E-state index in [0.717, 1.165) is 25.1 Å². The van der Waals surface area contributed by atoms with Crippen LogP contribution in [0, 0.1) is 13.8 Å². The summed E-state index contributed by atoms with van der Waals surface area (Å²) >= 11 is 3.77. The van der Waals surface area contributed by atoms with Gasteiger partial charge in [-0.2, -0.15) is 0 Å². The van der Waals surface area contributed by atoms with Crippen molar-refractivity contribution in [2.75, 3.05) is 13.7 Å². The zero-order chi connectivity index (χ0) is 12.6. The van der Waals surface area contributed by atoms with Gasteiger partial charge < -0.3 is 10.1 Å². The summed E-state index contributed by atoms with van der Waals surface area (Å²) in [5.41, 5.74) is 5.34. The molecule has 0 amide bonds. The van der Waals surface area contributed by atoms with Crippen LogP contribution in [-0.4, -0.2) is 13.7 Å². The Balaban J connectivity index is 2.71. The second-order valence-corrected chi connectivity index (χ2v) is 5.45. The molecule has 1 aromatic rings. The van der Waals surface area contributed by atoms with Crippen LogP contribution < -0.4 is 10.1 Å². The number of methoxy groups -OCH3 is 1. The Kier molecular flexibility index (Phi) is 3.79. The molecule has 0 saturated carbocycles. The number of hydrogen-bond acceptors (Lipinski definition) is 2. The van der Waals surface area contributed by atoms with Gasteiger partial charge in [0.05, 0.1) is 7.11 Å². The Morgan fingerprint density at radius 3 is 2.65 bits per heavy atom. The molecule has 0 saturated heterocycles. The maximum atomic E-state index is 5.62. The van der Waals surface area contributed by atoms with Crippen LogP contribution in [0.2, 0.25) is 0 Å². The van der Waals surface area contributed by atoms with Gasteiger partial charge in [-0.1, -0.05) is 22.9 Å². The Morgan fingerprint density at radius 1 is 1.35 bits per heavy atom. The Hall–Kier alpha value is -0.540. The van der Waals surface area contributed by atoms with Crippen LogP contribution in [0.15, 0.2) is 4.47 Å². The highest BCUT2D eigenvalue weighted by molar-refractivity contribution is 9.10. The van der Waals surface area contributed by atoms with Gasteiger partial charge in [0.2, 0.25) is 0 Å². The van der Waals surface area contributed by atoms with Crippen LogP contribution in [0.5, 0.6) is 5.75 Å². The Labute approximate surface area is 112 Å². The lowest BCUT2D eigenvalue weighted by Crippen LogP contribution is -2.30. The van der Waals surface area contributed by atoms with Crippen molar-refractivity contribution < 1.29 is 4.74 Å². The average molecular weight is 298 g/mol. The first-order valence-corrected chi connectivity index (χ1v) is 6.99. The van der Waals surface area contributed by atoms with Crippen molar-refractivity contribution in [1.82, 2.24) is 5.32 Å². The van der Waals surface area contributed by atoms with Gasteiger partial charge in [0.15, 0.2) is 0 Å². The Morgan fingerprint density at radius 2 is 2.06 bits per heavy atom. The van der Waals surface area contributed by atoms with Crippen molar-refractivity contribution in [1.29, 1.82) is 0 Å². The lowest BCUT2D eigenvalue weighted by molar-refractivity contribution is 0.395. The van der Waals surface area contributed by atoms with Gasteiger partial charge >= 0.3 is 0 Å². The van der Waals surface area contributed by atoms with Crippen molar-refractivity contribution in [2.24, 2.45) is 0 Å². The van der Waals surface area contributed by atoms with Gasteiger partial charge in [-0.05, 0) is 49.9 Å². The van der Waals surface area contributed by atoms with Crippen LogP contribution in [0.4, 0.5) is 0 Å². The molecule has 0 fully saturated rings. The fourth-order valence-corrected chi connectivity index (χ4v) is 3.54. The summed E-state index contributed by atoms with van der Waals surface area (Å²) in [5, 5.41) is 3.58. The molecule has 1 aromatic carbocycles. The summed E-state index contributed by atoms with van der Waals surface area (Å²) in [6.07, 6.45) is 2.16. The summed E-state index contributed by atoms with van der Waals surface area (Å²) < 4.78 is 6.88. The van der Waals surface area contributed by atoms with E-state index in [4.69, 9.17) is 4.74 Å². The van der Waals surface area contributed by atoms with E-state index in [1.807, 2.05) is 0 Å². The molecule has 1 aliphatic rings. The molecular weight excluding hydrogens is 278 g/mol. The number of fused-ring (bicyclic) bond motifs is 1. The first-order valence-electron chi connectivity index (χ1n) is 6.20. The Bertz CT molecular complexity index is 443. The van der Waals surface area contributed by atoms with E-state index >= 15 is 0 Å². The van der Waals surface area contributed by atoms with Crippen molar-refractivity contribution in [3.8, 4) is 5.75 Å². The lowest BCUT2D eigenvalue weighted by atomic mass is 9.88. The van der Waals surface area contributed by atoms with Crippen molar-refractivity contribution in [2.45, 2.75) is 39.7 Å². The molecule has 0 spiro atoms. The standard InChI is InChI=1S/C14H20BrNO/c1-5-11-12-10(6-7-16-11)14(17-4)9(3)8(2)13(12)15/h11,16H,5-7H2,1-4H3. The molecule has 0 bridgehead atoms. The smallest absolute Gasteiger partial charge is 0.125 e. The van der Waals surface area contributed by atoms with Crippen LogP contribution in [0.1, 0.15) is 41.6 Å². The van der Waals surface area contributed by atoms with E-state index in [1.165, 1.54) is 26.7 Å². The molecule has 1 aliphatic heterocycles. The third kappa shape index (κ3) is 2.00. The van der Waals surface area contributed by atoms with E-state index in [0.29, 0.717) is 6.04 Å². The van der Waals surface area contributed by atoms with Crippen LogP contribution in [0.3, 0.4) is 0 Å². The molecule has 1 unspecified atom stereocenters. The number of ether oxygens (including phenoxy) is 1. The topological polar surface area (TPSA) is 21.3 Å². The minimum absolute atomic E-state index is 0.446. The van der Waals surface area contributed by atoms with Crippen LogP contribution in [0.25, 0.3) is 0 Å². The summed E-state index contributed by atoms with van der Waals surface area (Å²) in [5.74, 6) is 1.08. The molecule has 0 radical (unpaired) electrons. The fourth-order valence-electron chi connectivity index (χ4n) is 2.73. The monoisotopic (exact) mass is 297 g/mol. The molecule has 0 aliphatic carbocycles. The molecule has 1 N–H and O–H groups in total. The fraction of sp³-hybridized carbons (Fsp3) is 0.571. The molecule has 94 valence electrons. The summed E-state index contributed by atoms with van der Waals surface area (Å²) in [7, 11) is 1.78. The van der Waals surface area contributed by atoms with E-state index in [1.54, 1.807) is 7.11 Å². The number of benzene rings is 1. The van der Waals surface area contributed by atoms with E-state index in [-0.39, 0.29) is 0 Å². The van der Waals surface area contributed by atoms with Crippen molar-refractivity contribution >= 4 is 15.9 Å². The largest absolute Gasteiger partial charge is 0.496 e. The SMILES string of the molecule is CCC1NCCc2c(OC)c(C)c(C)c(Br)c21. The first kappa shape index (κ1) is 12.9. The second kappa shape index (κ2) is 4.99. The predicted octanol–water partition coefficient (Wildman–Crippen LogP) is 3.67. The zero-order valence-electron chi connectivity index (χ0n) is 11.0. The number of halogens is 1. The molecular formula is C14H20BrNO. The van der Waals surface area contributed by atoms with Gasteiger partial charge in [0, 0.05) is 16.1 Å². The van der Waals surface area contributed by atoms with Gasteiger partial charge in [0.25, 0.3) is 0 Å². The molecule has 17 heavy (non-hydrogen) atoms. The number of rotatable bonds is 2. The van der Waals surface area contributed by atoms with E-state index in [9.17, 15) is 0 Å². The molecule has 0 aromatic heterocycles. The minimum Gasteiger partial charge on any atom is -0.496 e. The normalized spacial score (nSPS) is 19.0. The van der Waals surface area contributed by atoms with Gasteiger partial charge in [-0.25, -0.2) is 0 Å². The van der Waals surface area contributed by atoms with Crippen molar-refractivity contribution in [3.63, 3.8) is 0 Å². The van der Waals surface area contributed by atoms with Crippen molar-refractivity contribution in [3.05, 3.63) is 26.7 Å². The molecule has 2 nitrogen and oxygen atoms in total. The molecule has 1 heterocycles. The van der Waals surface area contributed by atoms with E-state index < -0.39 is 0 Å². The maximum Gasteiger partial charge on any atom is 0.125 e. The quantitative estimate of drug-likeness (QED) is 0.899. The average Bonchev–Trinajstić information content (AvgIpc) is 2.36. The molecule has 1 atom stereocenters. The highest BCUT2D eigenvalue weighted by Crippen LogP contribution is 2.42. The maximum absolute atomic E-state index is 5.62. The molecule has 3 heteroatoms. The van der Waals surface area contributed by atoms with Gasteiger partial charge in [-0.15, -0.1) is 0 Å². The van der Waals surface area contributed by atoms with Crippen LogP contribution in [-0.2, 0) is 6.42 Å². The minimum atomic E-state index is 0.446. The van der Waals surface area contributed by atoms with Crippen LogP contribution >= 0.6 is 15.9 Å². The number of nitrogens with one attached hydrogen (secondary N) is 1. The molecule has 2 rings (SSSR count). The van der Waals surface area contributed by atoms with Gasteiger partial charge in [0.1, 0.15) is 5.75 Å². The lowest BCUT2D eigenvalue weighted by Gasteiger charge is -2.30. The van der Waals surface area contributed by atoms with Gasteiger partial charge in [-0.3, -0.25) is 0 Å². The third-order valence-corrected chi connectivity index (χ3v) is 4.82. The highest BCUT2D eigenvalue weighted by Gasteiger charge is 2.26. The summed E-state index contributed by atoms with van der Waals surface area (Å²) in [6, 6.07) is 0.446.